The molecule has 2 N–H and O–H groups in total. The highest BCUT2D eigenvalue weighted by atomic mass is 32.2. The van der Waals surface area contributed by atoms with Crippen LogP contribution in [0.25, 0.3) is 0 Å². The van der Waals surface area contributed by atoms with Crippen molar-refractivity contribution in [2.45, 2.75) is 16.9 Å². The van der Waals surface area contributed by atoms with Crippen LogP contribution in [0.4, 0.5) is 24.0 Å². The molecular formula is C17H13F3N4O2S3. The SMILES string of the molecule is O=C(CSc1nnc(NC(=O)Cc2cccs2)s1)Nc1cccc(C(F)(F)F)c1. The third kappa shape index (κ3) is 6.54. The van der Waals surface area contributed by atoms with Crippen molar-refractivity contribution in [2.75, 3.05) is 16.4 Å². The fourth-order valence-electron chi connectivity index (χ4n) is 2.15. The molecule has 2 heterocycles. The zero-order valence-corrected chi connectivity index (χ0v) is 17.0. The van der Waals surface area contributed by atoms with Gasteiger partial charge in [0.05, 0.1) is 17.7 Å². The zero-order chi connectivity index (χ0) is 20.9. The molecule has 2 aromatic heterocycles. The molecule has 0 radical (unpaired) electrons. The van der Waals surface area contributed by atoms with Gasteiger partial charge in [-0.3, -0.25) is 9.59 Å². The number of nitrogens with zero attached hydrogens (tertiary/aromatic N) is 2. The topological polar surface area (TPSA) is 84.0 Å². The van der Waals surface area contributed by atoms with Gasteiger partial charge in [0.2, 0.25) is 16.9 Å². The van der Waals surface area contributed by atoms with E-state index in [0.29, 0.717) is 9.47 Å². The van der Waals surface area contributed by atoms with E-state index >= 15 is 0 Å². The molecule has 0 unspecified atom stereocenters. The molecule has 3 aromatic rings. The molecule has 3 rings (SSSR count). The second-order valence-corrected chi connectivity index (χ2v) is 8.83. The Bertz CT molecular complexity index is 990. The van der Waals surface area contributed by atoms with Crippen LogP contribution >= 0.6 is 34.4 Å². The minimum Gasteiger partial charge on any atom is -0.325 e. The van der Waals surface area contributed by atoms with E-state index < -0.39 is 17.6 Å². The Kier molecular flexibility index (Phi) is 6.87. The monoisotopic (exact) mass is 458 g/mol. The lowest BCUT2D eigenvalue weighted by Crippen LogP contribution is -2.15. The Hall–Kier alpha value is -2.44. The average Bonchev–Trinajstić information content (AvgIpc) is 3.31. The van der Waals surface area contributed by atoms with E-state index in [2.05, 4.69) is 20.8 Å². The Labute approximate surface area is 175 Å². The second kappa shape index (κ2) is 9.37. The Balaban J connectivity index is 1.48. The van der Waals surface area contributed by atoms with Gasteiger partial charge in [0.15, 0.2) is 4.34 Å². The highest BCUT2D eigenvalue weighted by molar-refractivity contribution is 8.01. The summed E-state index contributed by atoms with van der Waals surface area (Å²) in [6.07, 6.45) is -4.24. The van der Waals surface area contributed by atoms with Gasteiger partial charge in [-0.05, 0) is 29.6 Å². The third-order valence-corrected chi connectivity index (χ3v) is 6.22. The average molecular weight is 459 g/mol. The summed E-state index contributed by atoms with van der Waals surface area (Å²) >= 11 is 3.66. The summed E-state index contributed by atoms with van der Waals surface area (Å²) in [5, 5.41) is 15.0. The van der Waals surface area contributed by atoms with Crippen LogP contribution in [-0.4, -0.2) is 27.8 Å². The summed E-state index contributed by atoms with van der Waals surface area (Å²) in [6.45, 7) is 0. The standard InChI is InChI=1S/C17H13F3N4O2S3/c18-17(19,20)10-3-1-4-11(7-10)21-14(26)9-28-16-24-23-15(29-16)22-13(25)8-12-5-2-6-27-12/h1-7H,8-9H2,(H,21,26)(H,22,23,25). The van der Waals surface area contributed by atoms with Crippen molar-refractivity contribution in [2.24, 2.45) is 0 Å². The van der Waals surface area contributed by atoms with Crippen LogP contribution < -0.4 is 10.6 Å². The maximum absolute atomic E-state index is 12.7. The maximum Gasteiger partial charge on any atom is 0.416 e. The molecule has 0 atom stereocenters. The number of anilines is 2. The zero-order valence-electron chi connectivity index (χ0n) is 14.5. The third-order valence-electron chi connectivity index (χ3n) is 3.37. The highest BCUT2D eigenvalue weighted by Gasteiger charge is 2.30. The number of rotatable bonds is 7. The summed E-state index contributed by atoms with van der Waals surface area (Å²) in [5.74, 6) is -0.760. The van der Waals surface area contributed by atoms with Crippen molar-refractivity contribution >= 4 is 57.1 Å². The van der Waals surface area contributed by atoms with Gasteiger partial charge in [-0.1, -0.05) is 35.2 Å². The predicted molar refractivity (Wildman–Crippen MR) is 107 cm³/mol. The van der Waals surface area contributed by atoms with E-state index in [0.717, 1.165) is 40.1 Å². The molecule has 0 aliphatic rings. The van der Waals surface area contributed by atoms with Crippen molar-refractivity contribution in [3.05, 3.63) is 52.2 Å². The van der Waals surface area contributed by atoms with Crippen LogP contribution in [0.15, 0.2) is 46.1 Å². The quantitative estimate of drug-likeness (QED) is 0.401. The minimum absolute atomic E-state index is 0.0595. The molecule has 152 valence electrons. The summed E-state index contributed by atoms with van der Waals surface area (Å²) in [5.41, 5.74) is -0.778. The first-order chi connectivity index (χ1) is 13.8. The second-order valence-electron chi connectivity index (χ2n) is 5.59. The minimum atomic E-state index is -4.48. The van der Waals surface area contributed by atoms with E-state index in [1.807, 2.05) is 17.5 Å². The van der Waals surface area contributed by atoms with E-state index in [-0.39, 0.29) is 23.8 Å². The fourth-order valence-corrected chi connectivity index (χ4v) is 4.42. The van der Waals surface area contributed by atoms with E-state index in [9.17, 15) is 22.8 Å². The smallest absolute Gasteiger partial charge is 0.325 e. The van der Waals surface area contributed by atoms with E-state index in [1.165, 1.54) is 23.5 Å². The number of amides is 2. The molecule has 2 amide bonds. The number of thioether (sulfide) groups is 1. The van der Waals surface area contributed by atoms with Gasteiger partial charge in [-0.15, -0.1) is 21.5 Å². The number of carbonyl (C=O) groups excluding carboxylic acids is 2. The molecule has 29 heavy (non-hydrogen) atoms. The van der Waals surface area contributed by atoms with Gasteiger partial charge in [-0.25, -0.2) is 0 Å². The molecule has 12 heteroatoms. The van der Waals surface area contributed by atoms with E-state index in [1.54, 1.807) is 0 Å². The first-order valence-electron chi connectivity index (χ1n) is 8.05. The number of halogens is 3. The maximum atomic E-state index is 12.7. The van der Waals surface area contributed by atoms with Crippen molar-refractivity contribution in [1.82, 2.24) is 10.2 Å². The number of hydrogen-bond donors (Lipinski definition) is 2. The first-order valence-corrected chi connectivity index (χ1v) is 10.7. The predicted octanol–water partition coefficient (Wildman–Crippen LogP) is 4.53. The number of carbonyl (C=O) groups is 2. The summed E-state index contributed by atoms with van der Waals surface area (Å²) in [6, 6.07) is 8.12. The Morgan fingerprint density at radius 1 is 1.07 bits per heavy atom. The van der Waals surface area contributed by atoms with Crippen LogP contribution in [0.1, 0.15) is 10.4 Å². The molecule has 0 spiro atoms. The van der Waals surface area contributed by atoms with E-state index in [4.69, 9.17) is 0 Å². The Morgan fingerprint density at radius 2 is 1.90 bits per heavy atom. The van der Waals surface area contributed by atoms with Crippen molar-refractivity contribution in [3.63, 3.8) is 0 Å². The largest absolute Gasteiger partial charge is 0.416 e. The molecule has 0 bridgehead atoms. The number of thiophene rings is 1. The lowest BCUT2D eigenvalue weighted by molar-refractivity contribution is -0.137. The molecule has 0 saturated heterocycles. The molecule has 0 saturated carbocycles. The van der Waals surface area contributed by atoms with Gasteiger partial charge in [0.1, 0.15) is 0 Å². The van der Waals surface area contributed by atoms with Crippen molar-refractivity contribution in [3.8, 4) is 0 Å². The first kappa shape index (κ1) is 21.3. The normalized spacial score (nSPS) is 11.3. The lowest BCUT2D eigenvalue weighted by Gasteiger charge is -2.09. The van der Waals surface area contributed by atoms with Crippen LogP contribution in [0.2, 0.25) is 0 Å². The Morgan fingerprint density at radius 3 is 2.62 bits per heavy atom. The number of nitrogens with one attached hydrogen (secondary N) is 2. The van der Waals surface area contributed by atoms with Gasteiger partial charge in [0.25, 0.3) is 0 Å². The van der Waals surface area contributed by atoms with Crippen LogP contribution in [-0.2, 0) is 22.2 Å². The van der Waals surface area contributed by atoms with Crippen LogP contribution in [0.3, 0.4) is 0 Å². The van der Waals surface area contributed by atoms with Crippen LogP contribution in [0.5, 0.6) is 0 Å². The molecular weight excluding hydrogens is 445 g/mol. The summed E-state index contributed by atoms with van der Waals surface area (Å²) < 4.78 is 38.6. The summed E-state index contributed by atoms with van der Waals surface area (Å²) in [7, 11) is 0. The number of aromatic nitrogens is 2. The summed E-state index contributed by atoms with van der Waals surface area (Å²) in [4.78, 5) is 24.8. The van der Waals surface area contributed by atoms with Gasteiger partial charge < -0.3 is 10.6 Å². The highest BCUT2D eigenvalue weighted by Crippen LogP contribution is 2.31. The number of alkyl halides is 3. The van der Waals surface area contributed by atoms with Gasteiger partial charge in [-0.2, -0.15) is 13.2 Å². The molecule has 0 fully saturated rings. The van der Waals surface area contributed by atoms with Gasteiger partial charge in [0, 0.05) is 10.6 Å². The molecule has 1 aromatic carbocycles. The number of hydrogen-bond acceptors (Lipinski definition) is 7. The molecule has 6 nitrogen and oxygen atoms in total. The van der Waals surface area contributed by atoms with Crippen LogP contribution in [0, 0.1) is 0 Å². The fraction of sp³-hybridized carbons (Fsp3) is 0.176. The molecule has 0 aliphatic carbocycles. The number of benzene rings is 1. The van der Waals surface area contributed by atoms with Gasteiger partial charge >= 0.3 is 6.18 Å². The lowest BCUT2D eigenvalue weighted by atomic mass is 10.2. The molecule has 0 aliphatic heterocycles. The van der Waals surface area contributed by atoms with Crippen molar-refractivity contribution in [1.29, 1.82) is 0 Å². The van der Waals surface area contributed by atoms with Crippen molar-refractivity contribution < 1.29 is 22.8 Å².